The van der Waals surface area contributed by atoms with E-state index in [1.54, 1.807) is 4.90 Å². The van der Waals surface area contributed by atoms with Gasteiger partial charge in [-0.25, -0.2) is 0 Å². The van der Waals surface area contributed by atoms with Gasteiger partial charge in [0.1, 0.15) is 6.04 Å². The van der Waals surface area contributed by atoms with Crippen LogP contribution in [0.2, 0.25) is 5.02 Å². The smallest absolute Gasteiger partial charge is 0.245 e. The van der Waals surface area contributed by atoms with Crippen molar-refractivity contribution >= 4 is 36.9 Å². The molecule has 2 bridgehead atoms. The van der Waals surface area contributed by atoms with Gasteiger partial charge in [-0.05, 0) is 47.9 Å². The Kier molecular flexibility index (Phi) is 7.67. The van der Waals surface area contributed by atoms with Crippen LogP contribution in [0, 0.1) is 11.8 Å². The van der Waals surface area contributed by atoms with E-state index in [0.29, 0.717) is 36.2 Å². The van der Waals surface area contributed by atoms with Gasteiger partial charge in [-0.3, -0.25) is 14.5 Å². The van der Waals surface area contributed by atoms with Crippen LogP contribution in [0.5, 0.6) is 0 Å². The average molecular weight is 486 g/mol. The number of carbonyl (C=O) groups excluding carboxylic acids is 2. The summed E-state index contributed by atoms with van der Waals surface area (Å²) in [4.78, 5) is 32.5. The molecule has 3 fully saturated rings. The summed E-state index contributed by atoms with van der Waals surface area (Å²) in [5.41, 5.74) is 2.36. The van der Waals surface area contributed by atoms with Gasteiger partial charge in [0.15, 0.2) is 0 Å². The topological polar surface area (TPSA) is 43.9 Å². The van der Waals surface area contributed by atoms with Crippen LogP contribution in [0.25, 0.3) is 0 Å². The minimum absolute atomic E-state index is 0. The van der Waals surface area contributed by atoms with Gasteiger partial charge in [0.2, 0.25) is 11.8 Å². The lowest BCUT2D eigenvalue weighted by atomic mass is 9.84. The van der Waals surface area contributed by atoms with Gasteiger partial charge >= 0.3 is 0 Å². The quantitative estimate of drug-likeness (QED) is 0.644. The third-order valence-corrected chi connectivity index (χ3v) is 7.35. The fraction of sp³-hybridized carbons (Fsp3) is 0.462. The van der Waals surface area contributed by atoms with Crippen molar-refractivity contribution in [2.75, 3.05) is 26.2 Å². The number of rotatable bonds is 5. The molecule has 7 heteroatoms. The number of fused-ring (bicyclic) bond motifs is 2. The molecule has 3 atom stereocenters. The first-order chi connectivity index (χ1) is 15.5. The normalized spacial score (nSPS) is 25.1. The van der Waals surface area contributed by atoms with E-state index in [-0.39, 0.29) is 31.4 Å². The second-order valence-corrected chi connectivity index (χ2v) is 10.0. The maximum atomic E-state index is 13.5. The molecule has 2 amide bonds. The van der Waals surface area contributed by atoms with Crippen molar-refractivity contribution in [1.82, 2.24) is 14.7 Å². The maximum Gasteiger partial charge on any atom is 0.245 e. The molecule has 0 spiro atoms. The van der Waals surface area contributed by atoms with E-state index < -0.39 is 0 Å². The Morgan fingerprint density at radius 1 is 0.879 bits per heavy atom. The number of piperidine rings is 2. The molecule has 3 aliphatic heterocycles. The summed E-state index contributed by atoms with van der Waals surface area (Å²) in [5, 5.41) is 0.676. The summed E-state index contributed by atoms with van der Waals surface area (Å²) in [6, 6.07) is 17.8. The van der Waals surface area contributed by atoms with Crippen LogP contribution in [-0.4, -0.2) is 58.7 Å². The van der Waals surface area contributed by atoms with Crippen molar-refractivity contribution in [3.05, 3.63) is 70.7 Å². The molecule has 2 unspecified atom stereocenters. The zero-order chi connectivity index (χ0) is 22.1. The summed E-state index contributed by atoms with van der Waals surface area (Å²) in [5.74, 6) is 1.23. The SMILES string of the molecule is O=C([C@@H]1CCC(=O)N1Cc1ccc(Cl)cc1)N1CC2CC(CN(Cc3ccccc3)C2)C1.S. The predicted octanol–water partition coefficient (Wildman–Crippen LogP) is 3.92. The van der Waals surface area contributed by atoms with Crippen LogP contribution >= 0.6 is 25.1 Å². The van der Waals surface area contributed by atoms with Crippen LogP contribution < -0.4 is 0 Å². The highest BCUT2D eigenvalue weighted by molar-refractivity contribution is 7.59. The Labute approximate surface area is 208 Å². The van der Waals surface area contributed by atoms with Crippen molar-refractivity contribution < 1.29 is 9.59 Å². The lowest BCUT2D eigenvalue weighted by Crippen LogP contribution is -2.57. The lowest BCUT2D eigenvalue weighted by Gasteiger charge is -2.46. The zero-order valence-electron chi connectivity index (χ0n) is 18.8. The molecule has 3 heterocycles. The van der Waals surface area contributed by atoms with E-state index in [1.165, 1.54) is 12.0 Å². The van der Waals surface area contributed by atoms with Crippen molar-refractivity contribution in [3.63, 3.8) is 0 Å². The first-order valence-electron chi connectivity index (χ1n) is 11.6. The molecule has 3 saturated heterocycles. The van der Waals surface area contributed by atoms with Crippen molar-refractivity contribution in [2.45, 2.75) is 38.4 Å². The number of halogens is 1. The summed E-state index contributed by atoms with van der Waals surface area (Å²) in [7, 11) is 0. The minimum atomic E-state index is -0.336. The highest BCUT2D eigenvalue weighted by atomic mass is 35.5. The molecular formula is C26H32ClN3O2S. The summed E-state index contributed by atoms with van der Waals surface area (Å²) in [6.07, 6.45) is 2.28. The summed E-state index contributed by atoms with van der Waals surface area (Å²) < 4.78 is 0. The van der Waals surface area contributed by atoms with Crippen molar-refractivity contribution in [3.8, 4) is 0 Å². The number of hydrogen-bond donors (Lipinski definition) is 0. The number of likely N-dealkylation sites (tertiary alicyclic amines) is 3. The largest absolute Gasteiger partial charge is 0.340 e. The summed E-state index contributed by atoms with van der Waals surface area (Å²) in [6.45, 7) is 5.13. The molecule has 0 radical (unpaired) electrons. The third kappa shape index (κ3) is 5.56. The Hall–Kier alpha value is -2.02. The van der Waals surface area contributed by atoms with Crippen LogP contribution in [-0.2, 0) is 22.7 Å². The van der Waals surface area contributed by atoms with Crippen LogP contribution in [0.1, 0.15) is 30.4 Å². The molecule has 0 aromatic heterocycles. The maximum absolute atomic E-state index is 13.5. The molecule has 2 aromatic carbocycles. The Bertz CT molecular complexity index is 957. The number of amides is 2. The second kappa shape index (κ2) is 10.5. The number of carbonyl (C=O) groups is 2. The van der Waals surface area contributed by atoms with Gasteiger partial charge in [0, 0.05) is 50.7 Å². The first kappa shape index (κ1) is 24.1. The standard InChI is InChI=1S/C26H30ClN3O2.H2S/c27-23-8-6-20(7-9-23)18-30-24(10-11-25(30)31)26(32)29-16-21-12-22(17-29)15-28(14-21)13-19-4-2-1-3-5-19;/h1-9,21-22,24H,10-18H2;1H2/t21?,22?,24-;/m0./s1. The molecule has 176 valence electrons. The van der Waals surface area contributed by atoms with Crippen LogP contribution in [0.15, 0.2) is 54.6 Å². The molecule has 33 heavy (non-hydrogen) atoms. The van der Waals surface area contributed by atoms with Gasteiger partial charge in [0.25, 0.3) is 0 Å². The lowest BCUT2D eigenvalue weighted by molar-refractivity contribution is -0.145. The summed E-state index contributed by atoms with van der Waals surface area (Å²) >= 11 is 5.99. The van der Waals surface area contributed by atoms with E-state index in [4.69, 9.17) is 11.6 Å². The van der Waals surface area contributed by atoms with Crippen molar-refractivity contribution in [1.29, 1.82) is 0 Å². The van der Waals surface area contributed by atoms with E-state index >= 15 is 0 Å². The fourth-order valence-corrected chi connectivity index (χ4v) is 5.85. The Morgan fingerprint density at radius 2 is 1.52 bits per heavy atom. The predicted molar refractivity (Wildman–Crippen MR) is 135 cm³/mol. The van der Waals surface area contributed by atoms with Gasteiger partial charge < -0.3 is 9.80 Å². The fourth-order valence-electron chi connectivity index (χ4n) is 5.72. The second-order valence-electron chi connectivity index (χ2n) is 9.59. The third-order valence-electron chi connectivity index (χ3n) is 7.10. The van der Waals surface area contributed by atoms with E-state index in [0.717, 1.165) is 38.3 Å². The Balaban J connectivity index is 0.00000259. The molecule has 3 aliphatic rings. The molecule has 5 nitrogen and oxygen atoms in total. The zero-order valence-corrected chi connectivity index (χ0v) is 20.6. The molecule has 0 saturated carbocycles. The van der Waals surface area contributed by atoms with E-state index in [9.17, 15) is 9.59 Å². The Morgan fingerprint density at radius 3 is 2.18 bits per heavy atom. The number of hydrogen-bond acceptors (Lipinski definition) is 3. The number of benzene rings is 2. The monoisotopic (exact) mass is 485 g/mol. The number of nitrogens with zero attached hydrogens (tertiary/aromatic N) is 3. The molecule has 2 aromatic rings. The molecule has 0 aliphatic carbocycles. The molecular weight excluding hydrogens is 454 g/mol. The highest BCUT2D eigenvalue weighted by Gasteiger charge is 2.42. The van der Waals surface area contributed by atoms with Gasteiger partial charge in [-0.15, -0.1) is 0 Å². The van der Waals surface area contributed by atoms with Gasteiger partial charge in [-0.2, -0.15) is 13.5 Å². The van der Waals surface area contributed by atoms with E-state index in [2.05, 4.69) is 40.1 Å². The average Bonchev–Trinajstić information content (AvgIpc) is 3.15. The molecule has 5 rings (SSSR count). The van der Waals surface area contributed by atoms with Crippen LogP contribution in [0.3, 0.4) is 0 Å². The minimum Gasteiger partial charge on any atom is -0.340 e. The van der Waals surface area contributed by atoms with Gasteiger partial charge in [-0.1, -0.05) is 54.1 Å². The van der Waals surface area contributed by atoms with Crippen LogP contribution in [0.4, 0.5) is 0 Å². The van der Waals surface area contributed by atoms with Gasteiger partial charge in [0.05, 0.1) is 0 Å². The molecule has 0 N–H and O–H groups in total. The van der Waals surface area contributed by atoms with Crippen molar-refractivity contribution in [2.24, 2.45) is 11.8 Å². The highest BCUT2D eigenvalue weighted by Crippen LogP contribution is 2.32. The van der Waals surface area contributed by atoms with E-state index in [1.807, 2.05) is 24.3 Å². The first-order valence-corrected chi connectivity index (χ1v) is 12.0.